The van der Waals surface area contributed by atoms with Crippen LogP contribution in [-0.4, -0.2) is 17.3 Å². The van der Waals surface area contributed by atoms with Gasteiger partial charge in [-0.05, 0) is 48.4 Å². The van der Waals surface area contributed by atoms with Crippen molar-refractivity contribution in [2.24, 2.45) is 5.92 Å². The van der Waals surface area contributed by atoms with Gasteiger partial charge in [-0.3, -0.25) is 0 Å². The summed E-state index contributed by atoms with van der Waals surface area (Å²) in [6, 6.07) is 3.93. The number of hydrogen-bond donors (Lipinski definition) is 1. The van der Waals surface area contributed by atoms with Crippen molar-refractivity contribution < 1.29 is 9.84 Å². The van der Waals surface area contributed by atoms with E-state index in [0.29, 0.717) is 12.3 Å². The van der Waals surface area contributed by atoms with Crippen molar-refractivity contribution in [2.75, 3.05) is 6.61 Å². The fourth-order valence-electron chi connectivity index (χ4n) is 3.36. The summed E-state index contributed by atoms with van der Waals surface area (Å²) in [4.78, 5) is 0. The molecule has 1 aromatic rings. The highest BCUT2D eigenvalue weighted by atomic mass is 35.5. The van der Waals surface area contributed by atoms with E-state index in [-0.39, 0.29) is 0 Å². The second-order valence-corrected chi connectivity index (χ2v) is 6.34. The average Bonchev–Trinajstić information content (AvgIpc) is 2.85. The lowest BCUT2D eigenvalue weighted by atomic mass is 9.91. The van der Waals surface area contributed by atoms with Gasteiger partial charge in [-0.2, -0.15) is 0 Å². The second kappa shape index (κ2) is 4.43. The van der Waals surface area contributed by atoms with Gasteiger partial charge in [-0.15, -0.1) is 0 Å². The molecule has 2 unspecified atom stereocenters. The van der Waals surface area contributed by atoms with Gasteiger partial charge in [-0.1, -0.05) is 18.5 Å². The summed E-state index contributed by atoms with van der Waals surface area (Å²) in [5, 5.41) is 11.4. The van der Waals surface area contributed by atoms with Gasteiger partial charge in [0, 0.05) is 17.9 Å². The lowest BCUT2D eigenvalue weighted by molar-refractivity contribution is 0.0440. The topological polar surface area (TPSA) is 29.5 Å². The average molecular weight is 267 g/mol. The maximum atomic E-state index is 10.6. The summed E-state index contributed by atoms with van der Waals surface area (Å²) in [5.74, 6) is 1.58. The van der Waals surface area contributed by atoms with Crippen molar-refractivity contribution in [3.05, 3.63) is 28.3 Å². The summed E-state index contributed by atoms with van der Waals surface area (Å²) >= 11 is 6.15. The van der Waals surface area contributed by atoms with E-state index >= 15 is 0 Å². The maximum Gasteiger partial charge on any atom is 0.126 e. The minimum atomic E-state index is -0.566. The van der Waals surface area contributed by atoms with E-state index in [1.54, 1.807) is 0 Å². The van der Waals surface area contributed by atoms with Crippen LogP contribution in [0.15, 0.2) is 12.1 Å². The number of halogens is 1. The van der Waals surface area contributed by atoms with Gasteiger partial charge < -0.3 is 9.84 Å². The van der Waals surface area contributed by atoms with Crippen LogP contribution >= 0.6 is 11.6 Å². The highest BCUT2D eigenvalue weighted by Crippen LogP contribution is 2.41. The van der Waals surface area contributed by atoms with Crippen LogP contribution in [0.5, 0.6) is 5.75 Å². The molecule has 3 rings (SSSR count). The van der Waals surface area contributed by atoms with E-state index in [2.05, 4.69) is 6.92 Å². The number of hydrogen-bond acceptors (Lipinski definition) is 2. The summed E-state index contributed by atoms with van der Waals surface area (Å²) in [5.41, 5.74) is 1.70. The van der Waals surface area contributed by atoms with Gasteiger partial charge in [0.25, 0.3) is 0 Å². The van der Waals surface area contributed by atoms with E-state index in [1.807, 2.05) is 12.1 Å². The molecule has 2 aliphatic rings. The Bertz CT molecular complexity index is 472. The minimum absolute atomic E-state index is 0.566. The van der Waals surface area contributed by atoms with Gasteiger partial charge in [0.2, 0.25) is 0 Å². The molecule has 18 heavy (non-hydrogen) atoms. The standard InChI is InChI=1S/C15H19ClO2/c1-10-2-4-15(17,8-10)9-12-7-13(16)6-11-3-5-18-14(11)12/h6-7,10,17H,2-5,8-9H2,1H3. The molecule has 3 heteroatoms. The van der Waals surface area contributed by atoms with Crippen LogP contribution in [0.25, 0.3) is 0 Å². The molecule has 0 spiro atoms. The molecule has 1 fully saturated rings. The molecule has 0 radical (unpaired) electrons. The monoisotopic (exact) mass is 266 g/mol. The summed E-state index contributed by atoms with van der Waals surface area (Å²) in [6.07, 6.45) is 4.47. The Morgan fingerprint density at radius 1 is 1.50 bits per heavy atom. The van der Waals surface area contributed by atoms with Crippen molar-refractivity contribution in [1.29, 1.82) is 0 Å². The first-order valence-electron chi connectivity index (χ1n) is 6.72. The van der Waals surface area contributed by atoms with E-state index in [1.165, 1.54) is 5.56 Å². The Kier molecular flexibility index (Phi) is 3.03. The molecule has 1 heterocycles. The van der Waals surface area contributed by atoms with Crippen LogP contribution in [0.3, 0.4) is 0 Å². The fraction of sp³-hybridized carbons (Fsp3) is 0.600. The number of fused-ring (bicyclic) bond motifs is 1. The van der Waals surface area contributed by atoms with E-state index in [0.717, 1.165) is 48.6 Å². The predicted molar refractivity (Wildman–Crippen MR) is 72.3 cm³/mol. The number of aliphatic hydroxyl groups is 1. The number of ether oxygens (including phenoxy) is 1. The predicted octanol–water partition coefficient (Wildman–Crippen LogP) is 3.37. The van der Waals surface area contributed by atoms with Crippen molar-refractivity contribution in [3.8, 4) is 5.75 Å². The molecular formula is C15H19ClO2. The Labute approximate surface area is 113 Å². The normalized spacial score (nSPS) is 30.3. The number of rotatable bonds is 2. The molecule has 1 aromatic carbocycles. The zero-order chi connectivity index (χ0) is 12.8. The zero-order valence-corrected chi connectivity index (χ0v) is 11.5. The van der Waals surface area contributed by atoms with Crippen LogP contribution in [0.4, 0.5) is 0 Å². The first kappa shape index (κ1) is 12.3. The van der Waals surface area contributed by atoms with E-state index in [4.69, 9.17) is 16.3 Å². The van der Waals surface area contributed by atoms with Crippen molar-refractivity contribution >= 4 is 11.6 Å². The number of benzene rings is 1. The SMILES string of the molecule is CC1CCC(O)(Cc2cc(Cl)cc3c2OCC3)C1. The lowest BCUT2D eigenvalue weighted by Gasteiger charge is -2.23. The molecule has 0 saturated heterocycles. The van der Waals surface area contributed by atoms with Crippen LogP contribution < -0.4 is 4.74 Å². The Hall–Kier alpha value is -0.730. The molecule has 0 bridgehead atoms. The summed E-state index contributed by atoms with van der Waals surface area (Å²) in [7, 11) is 0. The van der Waals surface area contributed by atoms with E-state index in [9.17, 15) is 5.11 Å². The molecule has 2 atom stereocenters. The van der Waals surface area contributed by atoms with Gasteiger partial charge in [0.1, 0.15) is 5.75 Å². The highest BCUT2D eigenvalue weighted by molar-refractivity contribution is 6.30. The fourth-order valence-corrected chi connectivity index (χ4v) is 3.62. The lowest BCUT2D eigenvalue weighted by Crippen LogP contribution is -2.27. The first-order valence-corrected chi connectivity index (χ1v) is 7.10. The smallest absolute Gasteiger partial charge is 0.126 e. The minimum Gasteiger partial charge on any atom is -0.493 e. The van der Waals surface area contributed by atoms with Crippen LogP contribution in [0, 0.1) is 5.92 Å². The highest BCUT2D eigenvalue weighted by Gasteiger charge is 2.36. The van der Waals surface area contributed by atoms with Gasteiger partial charge >= 0.3 is 0 Å². The van der Waals surface area contributed by atoms with Crippen LogP contribution in [0.2, 0.25) is 5.02 Å². The largest absolute Gasteiger partial charge is 0.493 e. The quantitative estimate of drug-likeness (QED) is 0.889. The zero-order valence-electron chi connectivity index (χ0n) is 10.7. The molecule has 1 N–H and O–H groups in total. The first-order chi connectivity index (χ1) is 8.56. The van der Waals surface area contributed by atoms with Crippen LogP contribution in [0.1, 0.15) is 37.3 Å². The molecule has 1 saturated carbocycles. The van der Waals surface area contributed by atoms with Crippen LogP contribution in [-0.2, 0) is 12.8 Å². The summed E-state index contributed by atoms with van der Waals surface area (Å²) in [6.45, 7) is 2.94. The van der Waals surface area contributed by atoms with Crippen molar-refractivity contribution in [1.82, 2.24) is 0 Å². The van der Waals surface area contributed by atoms with Gasteiger partial charge in [0.05, 0.1) is 12.2 Å². The van der Waals surface area contributed by atoms with E-state index < -0.39 is 5.60 Å². The molecule has 0 amide bonds. The molecular weight excluding hydrogens is 248 g/mol. The Morgan fingerprint density at radius 2 is 2.33 bits per heavy atom. The third-order valence-corrected chi connectivity index (χ3v) is 4.39. The molecule has 0 aromatic heterocycles. The third-order valence-electron chi connectivity index (χ3n) is 4.18. The molecule has 2 nitrogen and oxygen atoms in total. The van der Waals surface area contributed by atoms with Crippen molar-refractivity contribution in [3.63, 3.8) is 0 Å². The Balaban J connectivity index is 1.89. The second-order valence-electron chi connectivity index (χ2n) is 5.90. The molecule has 1 aliphatic heterocycles. The van der Waals surface area contributed by atoms with Gasteiger partial charge in [0.15, 0.2) is 0 Å². The Morgan fingerprint density at radius 3 is 3.06 bits per heavy atom. The van der Waals surface area contributed by atoms with Gasteiger partial charge in [-0.25, -0.2) is 0 Å². The molecule has 98 valence electrons. The van der Waals surface area contributed by atoms with Crippen molar-refractivity contribution in [2.45, 2.75) is 44.6 Å². The maximum absolute atomic E-state index is 10.6. The third kappa shape index (κ3) is 2.24. The summed E-state index contributed by atoms with van der Waals surface area (Å²) < 4.78 is 5.70. The molecule has 1 aliphatic carbocycles.